The topological polar surface area (TPSA) is 70.1 Å². The average Bonchev–Trinajstić information content (AvgIpc) is 2.40. The van der Waals surface area contributed by atoms with Crippen molar-refractivity contribution in [3.8, 4) is 0 Å². The summed E-state index contributed by atoms with van der Waals surface area (Å²) in [6, 6.07) is 8.70. The zero-order valence-corrected chi connectivity index (χ0v) is 11.1. The van der Waals surface area contributed by atoms with Crippen molar-refractivity contribution in [3.05, 3.63) is 57.0 Å². The summed E-state index contributed by atoms with van der Waals surface area (Å²) in [4.78, 5) is 18.1. The van der Waals surface area contributed by atoms with Crippen LogP contribution < -0.4 is 11.0 Å². The lowest BCUT2D eigenvalue weighted by molar-refractivity contribution is 0.974. The van der Waals surface area contributed by atoms with Gasteiger partial charge < -0.3 is 0 Å². The summed E-state index contributed by atoms with van der Waals surface area (Å²) in [5, 5.41) is 4.68. The van der Waals surface area contributed by atoms with Crippen molar-refractivity contribution in [2.45, 2.75) is 13.3 Å². The second-order valence-corrected chi connectivity index (χ2v) is 4.30. The van der Waals surface area contributed by atoms with Crippen LogP contribution in [-0.2, 0) is 6.42 Å². The van der Waals surface area contributed by atoms with E-state index in [2.05, 4.69) is 20.5 Å². The molecule has 1 aromatic heterocycles. The molecule has 0 spiro atoms. The highest BCUT2D eigenvalue weighted by Gasteiger charge is 1.97. The highest BCUT2D eigenvalue weighted by Crippen LogP contribution is 2.07. The fourth-order valence-electron chi connectivity index (χ4n) is 1.46. The highest BCUT2D eigenvalue weighted by molar-refractivity contribution is 6.30. The van der Waals surface area contributed by atoms with E-state index in [4.69, 9.17) is 11.6 Å². The molecule has 0 aliphatic heterocycles. The summed E-state index contributed by atoms with van der Waals surface area (Å²) in [6.07, 6.45) is 2.31. The summed E-state index contributed by atoms with van der Waals surface area (Å²) in [6.45, 7) is 1.93. The van der Waals surface area contributed by atoms with Crippen molar-refractivity contribution in [1.29, 1.82) is 0 Å². The zero-order valence-electron chi connectivity index (χ0n) is 10.4. The SMILES string of the molecule is CCc1cc(=O)[nH]c(N/N=C\c2ccc(Cl)cc2)n1. The van der Waals surface area contributed by atoms with E-state index in [9.17, 15) is 4.79 Å². The first-order chi connectivity index (χ1) is 9.17. The van der Waals surface area contributed by atoms with E-state index in [1.807, 2.05) is 19.1 Å². The number of hydrazone groups is 1. The van der Waals surface area contributed by atoms with Gasteiger partial charge in [0.1, 0.15) is 0 Å². The molecule has 0 unspecified atom stereocenters. The maximum absolute atomic E-state index is 11.3. The predicted octanol–water partition coefficient (Wildman–Crippen LogP) is 2.43. The van der Waals surface area contributed by atoms with Gasteiger partial charge in [0.15, 0.2) is 0 Å². The van der Waals surface area contributed by atoms with E-state index >= 15 is 0 Å². The van der Waals surface area contributed by atoms with Crippen molar-refractivity contribution in [1.82, 2.24) is 9.97 Å². The minimum absolute atomic E-state index is 0.198. The van der Waals surface area contributed by atoms with Crippen LogP contribution in [-0.4, -0.2) is 16.2 Å². The second-order valence-electron chi connectivity index (χ2n) is 3.86. The molecular formula is C13H13ClN4O. The van der Waals surface area contributed by atoms with Gasteiger partial charge in [0.05, 0.1) is 6.21 Å². The van der Waals surface area contributed by atoms with Crippen LogP contribution in [0, 0.1) is 0 Å². The van der Waals surface area contributed by atoms with Crippen LogP contribution in [0.1, 0.15) is 18.2 Å². The van der Waals surface area contributed by atoms with Crippen molar-refractivity contribution < 1.29 is 0 Å². The molecule has 1 aromatic carbocycles. The summed E-state index contributed by atoms with van der Waals surface area (Å²) in [7, 11) is 0. The number of anilines is 1. The maximum atomic E-state index is 11.3. The number of benzene rings is 1. The highest BCUT2D eigenvalue weighted by atomic mass is 35.5. The Morgan fingerprint density at radius 2 is 2.16 bits per heavy atom. The number of halogens is 1. The van der Waals surface area contributed by atoms with E-state index < -0.39 is 0 Å². The van der Waals surface area contributed by atoms with Gasteiger partial charge in [-0.2, -0.15) is 5.10 Å². The molecule has 0 fully saturated rings. The molecule has 5 nitrogen and oxygen atoms in total. The Balaban J connectivity index is 2.08. The fraction of sp³-hybridized carbons (Fsp3) is 0.154. The van der Waals surface area contributed by atoms with E-state index in [0.29, 0.717) is 23.1 Å². The first-order valence-corrected chi connectivity index (χ1v) is 6.20. The van der Waals surface area contributed by atoms with Crippen molar-refractivity contribution in [2.24, 2.45) is 5.10 Å². The summed E-state index contributed by atoms with van der Waals surface area (Å²) in [5.41, 5.74) is 4.11. The largest absolute Gasteiger partial charge is 0.291 e. The third-order valence-electron chi connectivity index (χ3n) is 2.41. The van der Waals surface area contributed by atoms with Gasteiger partial charge in [-0.1, -0.05) is 30.7 Å². The number of hydrogen-bond acceptors (Lipinski definition) is 4. The Bertz CT molecular complexity index is 634. The van der Waals surface area contributed by atoms with Gasteiger partial charge in [0, 0.05) is 16.8 Å². The molecule has 0 atom stereocenters. The van der Waals surface area contributed by atoms with E-state index in [1.54, 1.807) is 18.3 Å². The fourth-order valence-corrected chi connectivity index (χ4v) is 1.58. The zero-order chi connectivity index (χ0) is 13.7. The van der Waals surface area contributed by atoms with E-state index in [-0.39, 0.29) is 5.56 Å². The monoisotopic (exact) mass is 276 g/mol. The summed E-state index contributed by atoms with van der Waals surface area (Å²) in [5.74, 6) is 0.328. The number of H-pyrrole nitrogens is 1. The minimum atomic E-state index is -0.198. The quantitative estimate of drug-likeness (QED) is 0.665. The number of hydrogen-bond donors (Lipinski definition) is 2. The number of nitrogens with one attached hydrogen (secondary N) is 2. The van der Waals surface area contributed by atoms with Gasteiger partial charge in [0.25, 0.3) is 5.56 Å². The Morgan fingerprint density at radius 1 is 1.42 bits per heavy atom. The van der Waals surface area contributed by atoms with Crippen LogP contribution >= 0.6 is 11.6 Å². The Kier molecular flexibility index (Phi) is 4.30. The third-order valence-corrected chi connectivity index (χ3v) is 2.66. The van der Waals surface area contributed by atoms with Gasteiger partial charge >= 0.3 is 0 Å². The molecule has 0 aliphatic carbocycles. The molecule has 2 N–H and O–H groups in total. The van der Waals surface area contributed by atoms with Crippen molar-refractivity contribution in [3.63, 3.8) is 0 Å². The molecule has 0 amide bonds. The van der Waals surface area contributed by atoms with Crippen LogP contribution in [0.3, 0.4) is 0 Å². The molecule has 0 saturated carbocycles. The molecule has 1 heterocycles. The number of rotatable bonds is 4. The molecule has 98 valence electrons. The van der Waals surface area contributed by atoms with Gasteiger partial charge in [0.2, 0.25) is 5.95 Å². The van der Waals surface area contributed by atoms with E-state index in [1.165, 1.54) is 6.07 Å². The Morgan fingerprint density at radius 3 is 2.84 bits per heavy atom. The van der Waals surface area contributed by atoms with E-state index in [0.717, 1.165) is 5.56 Å². The summed E-state index contributed by atoms with van der Waals surface area (Å²) < 4.78 is 0. The third kappa shape index (κ3) is 3.93. The van der Waals surface area contributed by atoms with Crippen LogP contribution in [0.5, 0.6) is 0 Å². The standard InChI is InChI=1S/C13H13ClN4O/c1-2-11-7-12(19)17-13(16-11)18-15-8-9-3-5-10(14)6-4-9/h3-8H,2H2,1H3,(H2,16,17,18,19)/b15-8-. The number of nitrogens with zero attached hydrogens (tertiary/aromatic N) is 2. The molecule has 0 radical (unpaired) electrons. The number of aromatic amines is 1. The Labute approximate surface area is 115 Å². The van der Waals surface area contributed by atoms with Gasteiger partial charge in [-0.3, -0.25) is 9.78 Å². The molecule has 0 saturated heterocycles. The van der Waals surface area contributed by atoms with Crippen LogP contribution in [0.25, 0.3) is 0 Å². The van der Waals surface area contributed by atoms with Crippen molar-refractivity contribution >= 4 is 23.8 Å². The van der Waals surface area contributed by atoms with Crippen LogP contribution in [0.15, 0.2) is 40.2 Å². The smallest absolute Gasteiger partial charge is 0.252 e. The Hall–Kier alpha value is -2.14. The second kappa shape index (κ2) is 6.15. The van der Waals surface area contributed by atoms with Crippen LogP contribution in [0.2, 0.25) is 5.02 Å². The van der Waals surface area contributed by atoms with Gasteiger partial charge in [-0.25, -0.2) is 10.4 Å². The number of aromatic nitrogens is 2. The normalized spacial score (nSPS) is 10.8. The number of aryl methyl sites for hydroxylation is 1. The maximum Gasteiger partial charge on any atom is 0.252 e. The average molecular weight is 277 g/mol. The van der Waals surface area contributed by atoms with Crippen molar-refractivity contribution in [2.75, 3.05) is 5.43 Å². The molecule has 2 rings (SSSR count). The molecular weight excluding hydrogens is 264 g/mol. The lowest BCUT2D eigenvalue weighted by atomic mass is 10.2. The molecule has 0 aliphatic rings. The predicted molar refractivity (Wildman–Crippen MR) is 76.9 cm³/mol. The first-order valence-electron chi connectivity index (χ1n) is 5.82. The molecule has 19 heavy (non-hydrogen) atoms. The first kappa shape index (κ1) is 13.3. The van der Waals surface area contributed by atoms with Gasteiger partial charge in [-0.15, -0.1) is 0 Å². The molecule has 2 aromatic rings. The summed E-state index contributed by atoms with van der Waals surface area (Å²) >= 11 is 5.78. The lowest BCUT2D eigenvalue weighted by Crippen LogP contribution is -2.11. The van der Waals surface area contributed by atoms with Gasteiger partial charge in [-0.05, 0) is 24.1 Å². The molecule has 0 bridgehead atoms. The molecule has 6 heteroatoms. The van der Waals surface area contributed by atoms with Crippen LogP contribution in [0.4, 0.5) is 5.95 Å². The lowest BCUT2D eigenvalue weighted by Gasteiger charge is -2.01. The minimum Gasteiger partial charge on any atom is -0.291 e.